The molecule has 2 atom stereocenters. The van der Waals surface area contributed by atoms with Gasteiger partial charge >= 0.3 is 0 Å². The van der Waals surface area contributed by atoms with E-state index < -0.39 is 22.3 Å². The molecule has 4 heterocycles. The van der Waals surface area contributed by atoms with Gasteiger partial charge in [0.1, 0.15) is 22.9 Å². The van der Waals surface area contributed by atoms with Gasteiger partial charge in [0.05, 0.1) is 30.4 Å². The smallest absolute Gasteiger partial charge is 0.228 e. The second-order valence-electron chi connectivity index (χ2n) is 12.8. The highest BCUT2D eigenvalue weighted by Crippen LogP contribution is 2.59. The molecule has 0 aliphatic carbocycles. The van der Waals surface area contributed by atoms with Gasteiger partial charge in [-0.1, -0.05) is 30.3 Å². The molecule has 8 rings (SSSR count). The third-order valence-electron chi connectivity index (χ3n) is 10.3. The molecule has 0 saturated carbocycles. The van der Waals surface area contributed by atoms with Crippen molar-refractivity contribution in [2.75, 3.05) is 31.0 Å². The molecular formula is C35H34N4O3. The first-order valence-electron chi connectivity index (χ1n) is 14.4. The number of hydrogen-bond donors (Lipinski definition) is 0. The van der Waals surface area contributed by atoms with Crippen LogP contribution in [0.3, 0.4) is 0 Å². The number of ether oxygens (including phenoxy) is 3. The average molecular weight is 559 g/mol. The molecule has 212 valence electrons. The van der Waals surface area contributed by atoms with Crippen molar-refractivity contribution < 1.29 is 14.2 Å². The number of methoxy groups -OCH3 is 1. The van der Waals surface area contributed by atoms with Gasteiger partial charge in [-0.2, -0.15) is 0 Å². The molecule has 0 radical (unpaired) electrons. The van der Waals surface area contributed by atoms with E-state index in [4.69, 9.17) is 24.2 Å². The summed E-state index contributed by atoms with van der Waals surface area (Å²) in [6, 6.07) is 22.9. The van der Waals surface area contributed by atoms with Gasteiger partial charge in [-0.05, 0) is 74.5 Å². The normalized spacial score (nSPS) is 25.2. The number of aliphatic imine (C=N–C) groups is 2. The molecule has 4 aromatic carbocycles. The van der Waals surface area contributed by atoms with E-state index in [1.807, 2.05) is 36.7 Å². The second kappa shape index (κ2) is 7.85. The Morgan fingerprint density at radius 2 is 1.36 bits per heavy atom. The highest BCUT2D eigenvalue weighted by Gasteiger charge is 2.61. The van der Waals surface area contributed by atoms with E-state index in [1.165, 1.54) is 0 Å². The quantitative estimate of drug-likeness (QED) is 0.246. The minimum Gasteiger partial charge on any atom is -0.497 e. The first kappa shape index (κ1) is 25.2. The van der Waals surface area contributed by atoms with Gasteiger partial charge in [-0.3, -0.25) is 9.98 Å². The average Bonchev–Trinajstić information content (AvgIpc) is 3.25. The van der Waals surface area contributed by atoms with E-state index in [2.05, 4.69) is 94.1 Å². The van der Waals surface area contributed by atoms with Crippen LogP contribution < -0.4 is 24.0 Å². The van der Waals surface area contributed by atoms with Crippen LogP contribution in [0.25, 0.3) is 10.8 Å². The Morgan fingerprint density at radius 3 is 2.12 bits per heavy atom. The largest absolute Gasteiger partial charge is 0.497 e. The van der Waals surface area contributed by atoms with Gasteiger partial charge in [0.25, 0.3) is 0 Å². The number of likely N-dealkylation sites (N-methyl/N-ethyl adjacent to an activating group) is 2. The summed E-state index contributed by atoms with van der Waals surface area (Å²) in [5.74, 6) is 2.36. The fourth-order valence-corrected chi connectivity index (χ4v) is 7.57. The number of rotatable bonds is 1. The number of anilines is 2. The molecule has 7 heteroatoms. The van der Waals surface area contributed by atoms with Gasteiger partial charge in [0.2, 0.25) is 11.4 Å². The van der Waals surface area contributed by atoms with Crippen LogP contribution >= 0.6 is 0 Å². The SMILES string of the molecule is COc1ccc2c(c1)C(C)(C)C1(C=Nc3cc4c(cc3O1)N(C)C1(C=Nc3c(ccc5ccccc35)O1)C4(C)C)N2C. The summed E-state index contributed by atoms with van der Waals surface area (Å²) in [4.78, 5) is 14.5. The first-order chi connectivity index (χ1) is 20.0. The summed E-state index contributed by atoms with van der Waals surface area (Å²) in [6.45, 7) is 8.84. The van der Waals surface area contributed by atoms with Crippen molar-refractivity contribution in [2.24, 2.45) is 9.98 Å². The van der Waals surface area contributed by atoms with E-state index in [9.17, 15) is 0 Å². The minimum absolute atomic E-state index is 0.399. The van der Waals surface area contributed by atoms with Crippen molar-refractivity contribution in [3.05, 3.63) is 77.9 Å². The van der Waals surface area contributed by atoms with Crippen molar-refractivity contribution >= 4 is 46.0 Å². The van der Waals surface area contributed by atoms with Crippen LogP contribution in [0.1, 0.15) is 38.8 Å². The lowest BCUT2D eigenvalue weighted by atomic mass is 9.76. The predicted molar refractivity (Wildman–Crippen MR) is 169 cm³/mol. The van der Waals surface area contributed by atoms with Crippen molar-refractivity contribution in [1.82, 2.24) is 0 Å². The van der Waals surface area contributed by atoms with Crippen molar-refractivity contribution in [3.63, 3.8) is 0 Å². The maximum Gasteiger partial charge on any atom is 0.228 e. The van der Waals surface area contributed by atoms with Gasteiger partial charge in [0, 0.05) is 36.9 Å². The number of nitrogens with zero attached hydrogens (tertiary/aromatic N) is 4. The summed E-state index contributed by atoms with van der Waals surface area (Å²) in [5, 5.41) is 2.23. The maximum absolute atomic E-state index is 7.02. The van der Waals surface area contributed by atoms with E-state index in [1.54, 1.807) is 7.11 Å². The maximum atomic E-state index is 7.02. The summed E-state index contributed by atoms with van der Waals surface area (Å²) < 4.78 is 19.5. The molecule has 4 aliphatic rings. The standard InChI is InChI=1S/C35H34N4O3/c1-32(2)24-16-22(40-7)13-14-27(24)38(5)34(32)19-36-26-17-25-28(18-30(26)42-34)39(6)35(33(25,3)4)20-37-31-23-11-9-8-10-21(23)12-15-29(31)41-35/h8-20H,1-7H3. The molecule has 4 aliphatic heterocycles. The van der Waals surface area contributed by atoms with Crippen LogP contribution in [-0.4, -0.2) is 45.1 Å². The lowest BCUT2D eigenvalue weighted by molar-refractivity contribution is 0.0822. The van der Waals surface area contributed by atoms with Crippen LogP contribution in [0.4, 0.5) is 22.7 Å². The van der Waals surface area contributed by atoms with Crippen LogP contribution in [-0.2, 0) is 10.8 Å². The fourth-order valence-electron chi connectivity index (χ4n) is 7.57. The summed E-state index contributed by atoms with van der Waals surface area (Å²) in [5.41, 5.74) is 3.70. The highest BCUT2D eigenvalue weighted by molar-refractivity contribution is 6.00. The Labute approximate surface area is 246 Å². The highest BCUT2D eigenvalue weighted by atomic mass is 16.5. The van der Waals surface area contributed by atoms with Gasteiger partial charge < -0.3 is 24.0 Å². The van der Waals surface area contributed by atoms with Gasteiger partial charge in [-0.25, -0.2) is 0 Å². The topological polar surface area (TPSA) is 58.9 Å². The summed E-state index contributed by atoms with van der Waals surface area (Å²) in [7, 11) is 5.85. The van der Waals surface area contributed by atoms with Crippen LogP contribution in [0, 0.1) is 0 Å². The predicted octanol–water partition coefficient (Wildman–Crippen LogP) is 7.29. The molecule has 0 saturated heterocycles. The Morgan fingerprint density at radius 1 is 0.690 bits per heavy atom. The summed E-state index contributed by atoms with van der Waals surface area (Å²) in [6.07, 6.45) is 3.94. The second-order valence-corrected chi connectivity index (χ2v) is 12.8. The molecule has 7 nitrogen and oxygen atoms in total. The van der Waals surface area contributed by atoms with Crippen molar-refractivity contribution in [3.8, 4) is 17.2 Å². The van der Waals surface area contributed by atoms with E-state index >= 15 is 0 Å². The minimum atomic E-state index is -0.813. The Kier molecular flexibility index (Phi) is 4.71. The molecule has 0 N–H and O–H groups in total. The number of fused-ring (bicyclic) bond motifs is 6. The molecule has 2 unspecified atom stereocenters. The third kappa shape index (κ3) is 2.81. The van der Waals surface area contributed by atoms with Crippen molar-refractivity contribution in [1.29, 1.82) is 0 Å². The molecular weight excluding hydrogens is 524 g/mol. The number of hydrogen-bond acceptors (Lipinski definition) is 7. The van der Waals surface area contributed by atoms with Gasteiger partial charge in [-0.15, -0.1) is 0 Å². The Balaban J connectivity index is 1.21. The lowest BCUT2D eigenvalue weighted by Gasteiger charge is -2.45. The van der Waals surface area contributed by atoms with Gasteiger partial charge in [0.15, 0.2) is 5.75 Å². The Bertz CT molecular complexity index is 1890. The first-order valence-corrected chi connectivity index (χ1v) is 14.4. The van der Waals surface area contributed by atoms with Crippen LogP contribution in [0.5, 0.6) is 17.2 Å². The van der Waals surface area contributed by atoms with E-state index in [-0.39, 0.29) is 0 Å². The molecule has 0 bridgehead atoms. The van der Waals surface area contributed by atoms with Crippen molar-refractivity contribution in [2.45, 2.75) is 50.0 Å². The molecule has 2 spiro atoms. The van der Waals surface area contributed by atoms with E-state index in [0.29, 0.717) is 0 Å². The molecule has 0 aromatic heterocycles. The van der Waals surface area contributed by atoms with E-state index in [0.717, 1.165) is 61.9 Å². The molecule has 0 amide bonds. The fraction of sp³-hybridized carbons (Fsp3) is 0.314. The molecule has 42 heavy (non-hydrogen) atoms. The number of benzene rings is 4. The molecule has 0 fully saturated rings. The zero-order valence-electron chi connectivity index (χ0n) is 25.0. The van der Waals surface area contributed by atoms with Crippen LogP contribution in [0.15, 0.2) is 76.7 Å². The third-order valence-corrected chi connectivity index (χ3v) is 10.3. The Hall–Kier alpha value is -4.52. The summed E-state index contributed by atoms with van der Waals surface area (Å²) >= 11 is 0. The van der Waals surface area contributed by atoms with Crippen LogP contribution in [0.2, 0.25) is 0 Å². The molecule has 4 aromatic rings. The zero-order valence-corrected chi connectivity index (χ0v) is 25.0. The zero-order chi connectivity index (χ0) is 29.2. The monoisotopic (exact) mass is 558 g/mol. The lowest BCUT2D eigenvalue weighted by Crippen LogP contribution is -2.61.